The lowest BCUT2D eigenvalue weighted by atomic mass is 9.47. The number of aromatic amines is 1. The van der Waals surface area contributed by atoms with Gasteiger partial charge in [-0.25, -0.2) is 4.79 Å². The molecule has 6 aliphatic heterocycles. The number of methoxy groups -OCH3 is 3. The van der Waals surface area contributed by atoms with E-state index in [1.165, 1.54) is 26.0 Å². The van der Waals surface area contributed by atoms with Crippen molar-refractivity contribution in [2.75, 3.05) is 52.4 Å². The van der Waals surface area contributed by atoms with Gasteiger partial charge in [0, 0.05) is 65.1 Å². The molecule has 10 rings (SSSR count). The second-order valence-corrected chi connectivity index (χ2v) is 18.0. The average Bonchev–Trinajstić information content (AvgIpc) is 3.52. The van der Waals surface area contributed by atoms with Gasteiger partial charge in [-0.1, -0.05) is 44.2 Å². The van der Waals surface area contributed by atoms with Crippen molar-refractivity contribution < 1.29 is 52.8 Å². The van der Waals surface area contributed by atoms with Crippen LogP contribution in [0, 0.1) is 11.3 Å². The van der Waals surface area contributed by atoms with Gasteiger partial charge in [0.1, 0.15) is 22.9 Å². The molecule has 7 aliphatic rings. The highest BCUT2D eigenvalue weighted by atomic mass is 35.5. The summed E-state index contributed by atoms with van der Waals surface area (Å²) in [6.07, 6.45) is 4.47. The van der Waals surface area contributed by atoms with Crippen molar-refractivity contribution in [3.05, 3.63) is 70.9 Å². The van der Waals surface area contributed by atoms with Gasteiger partial charge >= 0.3 is 17.9 Å². The van der Waals surface area contributed by atoms with Crippen LogP contribution in [0.25, 0.3) is 10.9 Å². The summed E-state index contributed by atoms with van der Waals surface area (Å²) in [5.41, 5.74) is -3.51. The molecule has 4 fully saturated rings. The summed E-state index contributed by atoms with van der Waals surface area (Å²) in [6.45, 7) is 7.15. The number of benzene rings is 2. The molecule has 1 aromatic heterocycles. The lowest BCUT2D eigenvalue weighted by molar-refractivity contribution is -0.228. The quantitative estimate of drug-likeness (QED) is 0.111. The van der Waals surface area contributed by atoms with E-state index in [0.717, 1.165) is 23.6 Å². The van der Waals surface area contributed by atoms with Gasteiger partial charge in [-0.3, -0.25) is 24.1 Å². The molecule has 16 heteroatoms. The Bertz CT molecular complexity index is 2460. The summed E-state index contributed by atoms with van der Waals surface area (Å²) in [5.74, 6) is -2.97. The number of halogens is 1. The highest BCUT2D eigenvalue weighted by molar-refractivity contribution is 5.97. The first-order chi connectivity index (χ1) is 29.3. The zero-order valence-electron chi connectivity index (χ0n) is 35.7. The number of ether oxygens (including phenoxy) is 5. The molecule has 15 nitrogen and oxygen atoms in total. The van der Waals surface area contributed by atoms with Gasteiger partial charge in [-0.05, 0) is 61.9 Å². The fourth-order valence-corrected chi connectivity index (χ4v) is 13.5. The molecule has 330 valence electrons. The largest absolute Gasteiger partial charge is 0.496 e. The number of esters is 3. The molecule has 1 spiro atoms. The zero-order chi connectivity index (χ0) is 43.0. The van der Waals surface area contributed by atoms with Crippen molar-refractivity contribution in [2.45, 2.75) is 99.2 Å². The SMILES string of the molecule is CC[C@@]12CN3CCc4c([nH]c5ccccc45)[C@@](C(=O)OC)(c4cc5c(cc4OC)N(C=O)[C@H]4[C@@](O)(C(=O)OC)[C@H](OC(C)=O)[C@]6(CC)C=CCN7CC[C@]54[C@@H]76)C[C@H](C3=O)[C@@H]1O2.Cl. The standard InChI is InChI=1S/C46H52N4O11.ClH/c1-7-42-15-11-17-48-19-16-44(37(42)48)29-20-30(33(57-4)21-32(29)50(24-51)38(44)46(56,41(55)59-6)39(42)60-25(3)52)45(40(54)58-5)22-28-35-43(8-2,61-35)23-49(36(28)53)18-14-27-26-12-9-10-13-31(26)47-34(27)45;/h9-13,15,20-21,24,28,35,37-39,47,56H,7-8,14,16-19,22-23H2,1-6H3;1H/t28-,35-,37-,38+,39+,42+,43+,44+,45-,46-;/m0./s1. The molecular formula is C46H53ClN4O11. The smallest absolute Gasteiger partial charge is 0.344 e. The van der Waals surface area contributed by atoms with E-state index < -0.39 is 75.6 Å². The third-order valence-electron chi connectivity index (χ3n) is 15.9. The van der Waals surface area contributed by atoms with Crippen LogP contribution in [-0.2, 0) is 60.2 Å². The van der Waals surface area contributed by atoms with Gasteiger partial charge in [-0.2, -0.15) is 0 Å². The summed E-state index contributed by atoms with van der Waals surface area (Å²) in [7, 11) is 3.98. The lowest BCUT2D eigenvalue weighted by Gasteiger charge is -2.63. The maximum Gasteiger partial charge on any atom is 0.344 e. The van der Waals surface area contributed by atoms with Crippen LogP contribution in [-0.4, -0.2) is 133 Å². The van der Waals surface area contributed by atoms with Crippen LogP contribution in [0.2, 0.25) is 0 Å². The minimum Gasteiger partial charge on any atom is -0.496 e. The zero-order valence-corrected chi connectivity index (χ0v) is 36.5. The monoisotopic (exact) mass is 872 g/mol. The molecule has 1 saturated carbocycles. The Morgan fingerprint density at radius 2 is 1.77 bits per heavy atom. The molecule has 10 atom stereocenters. The van der Waals surface area contributed by atoms with Gasteiger partial charge in [-0.15, -0.1) is 12.4 Å². The Hall–Kier alpha value is -4.96. The summed E-state index contributed by atoms with van der Waals surface area (Å²) >= 11 is 0. The number of carbonyl (C=O) groups excluding carboxylic acids is 5. The van der Waals surface area contributed by atoms with Crippen molar-refractivity contribution in [3.8, 4) is 5.75 Å². The lowest BCUT2D eigenvalue weighted by Crippen LogP contribution is -2.81. The van der Waals surface area contributed by atoms with Gasteiger partial charge in [0.15, 0.2) is 6.10 Å². The number of hydrogen-bond donors (Lipinski definition) is 2. The van der Waals surface area contributed by atoms with E-state index in [1.807, 2.05) is 54.3 Å². The van der Waals surface area contributed by atoms with E-state index in [1.54, 1.807) is 6.07 Å². The van der Waals surface area contributed by atoms with Crippen molar-refractivity contribution in [2.24, 2.45) is 11.3 Å². The van der Waals surface area contributed by atoms with Gasteiger partial charge < -0.3 is 43.6 Å². The number of carbonyl (C=O) groups is 5. The number of hydrogen-bond acceptors (Lipinski definition) is 12. The number of nitrogens with zero attached hydrogens (tertiary/aromatic N) is 3. The Labute approximate surface area is 365 Å². The summed E-state index contributed by atoms with van der Waals surface area (Å²) in [4.78, 5) is 80.4. The molecule has 2 amide bonds. The fraction of sp³-hybridized carbons (Fsp3) is 0.543. The normalized spacial score (nSPS) is 36.0. The minimum absolute atomic E-state index is 0. The molecule has 3 aromatic rings. The molecule has 2 bridgehead atoms. The number of anilines is 1. The van der Waals surface area contributed by atoms with Crippen LogP contribution in [0.4, 0.5) is 5.69 Å². The number of H-pyrrole nitrogens is 1. The topological polar surface area (TPSA) is 181 Å². The van der Waals surface area contributed by atoms with E-state index in [0.29, 0.717) is 80.8 Å². The first-order valence-corrected chi connectivity index (χ1v) is 21.3. The minimum atomic E-state index is -2.56. The van der Waals surface area contributed by atoms with Gasteiger partial charge in [0.05, 0.1) is 45.5 Å². The molecule has 0 radical (unpaired) electrons. The second-order valence-electron chi connectivity index (χ2n) is 18.0. The Morgan fingerprint density at radius 1 is 1.02 bits per heavy atom. The summed E-state index contributed by atoms with van der Waals surface area (Å²) < 4.78 is 30.1. The molecule has 0 unspecified atom stereocenters. The van der Waals surface area contributed by atoms with Crippen molar-refractivity contribution in [1.82, 2.24) is 14.8 Å². The van der Waals surface area contributed by atoms with Crippen LogP contribution in [0.15, 0.2) is 48.6 Å². The van der Waals surface area contributed by atoms with Crippen LogP contribution >= 0.6 is 12.4 Å². The number of epoxide rings is 1. The third-order valence-corrected chi connectivity index (χ3v) is 15.9. The van der Waals surface area contributed by atoms with Crippen LogP contribution in [0.1, 0.15) is 68.8 Å². The average molecular weight is 873 g/mol. The molecule has 2 aromatic carbocycles. The van der Waals surface area contributed by atoms with E-state index in [2.05, 4.69) is 16.8 Å². The second kappa shape index (κ2) is 14.3. The molecule has 62 heavy (non-hydrogen) atoms. The maximum absolute atomic E-state index is 15.4. The number of rotatable bonds is 8. The molecule has 3 saturated heterocycles. The number of para-hydroxylation sites is 1. The number of piperidine rings is 1. The number of nitrogens with one attached hydrogen (secondary N) is 1. The van der Waals surface area contributed by atoms with Crippen molar-refractivity contribution >= 4 is 59.2 Å². The Morgan fingerprint density at radius 3 is 2.45 bits per heavy atom. The van der Waals surface area contributed by atoms with E-state index in [4.69, 9.17) is 23.7 Å². The van der Waals surface area contributed by atoms with Gasteiger partial charge in [0.2, 0.25) is 17.9 Å². The predicted molar refractivity (Wildman–Crippen MR) is 226 cm³/mol. The summed E-state index contributed by atoms with van der Waals surface area (Å²) in [6, 6.07) is 9.61. The fourth-order valence-electron chi connectivity index (χ4n) is 13.5. The third kappa shape index (κ3) is 5.01. The van der Waals surface area contributed by atoms with Gasteiger partial charge in [0.25, 0.3) is 0 Å². The summed E-state index contributed by atoms with van der Waals surface area (Å²) in [5, 5.41) is 14.2. The van der Waals surface area contributed by atoms with Crippen LogP contribution < -0.4 is 9.64 Å². The number of fused-ring (bicyclic) bond motifs is 8. The molecule has 7 heterocycles. The van der Waals surface area contributed by atoms with Crippen LogP contribution in [0.5, 0.6) is 5.75 Å². The molecular weight excluding hydrogens is 820 g/mol. The predicted octanol–water partition coefficient (Wildman–Crippen LogP) is 3.48. The van der Waals surface area contributed by atoms with E-state index in [9.17, 15) is 24.3 Å². The number of amides is 2. The first-order valence-electron chi connectivity index (χ1n) is 21.3. The first kappa shape index (κ1) is 42.3. The Kier molecular flexibility index (Phi) is 9.75. The van der Waals surface area contributed by atoms with E-state index >= 15 is 4.79 Å². The number of aliphatic hydroxyl groups is 1. The van der Waals surface area contributed by atoms with Crippen LogP contribution in [0.3, 0.4) is 0 Å². The molecule has 1 aliphatic carbocycles. The Balaban J connectivity index is 0.00000490. The molecule has 2 N–H and O–H groups in total. The highest BCUT2D eigenvalue weighted by Crippen LogP contribution is 2.68. The van der Waals surface area contributed by atoms with Crippen molar-refractivity contribution in [1.29, 1.82) is 0 Å². The van der Waals surface area contributed by atoms with E-state index in [-0.39, 0.29) is 30.5 Å². The number of aromatic nitrogens is 1. The van der Waals surface area contributed by atoms with Crippen molar-refractivity contribution in [3.63, 3.8) is 0 Å². The maximum atomic E-state index is 15.4. The highest BCUT2D eigenvalue weighted by Gasteiger charge is 2.81.